The number of rotatable bonds is 5. The number of carboxylic acids is 1. The smallest absolute Gasteiger partial charge is 0.386 e. The predicted octanol–water partition coefficient (Wildman–Crippen LogP) is 0.487. The molecule has 0 aliphatic heterocycles. The molecule has 5 nitrogen and oxygen atoms in total. The molecular weight excluding hydrogens is 220 g/mol. The van der Waals surface area contributed by atoms with Crippen LogP contribution in [-0.4, -0.2) is 29.4 Å². The molecule has 0 bridgehead atoms. The molecule has 0 fully saturated rings. The zero-order valence-electron chi connectivity index (χ0n) is 7.63. The van der Waals surface area contributed by atoms with E-state index in [0.717, 1.165) is 5.56 Å². The number of esters is 1. The highest BCUT2D eigenvalue weighted by Gasteiger charge is 2.23. The van der Waals surface area contributed by atoms with Crippen molar-refractivity contribution in [2.45, 2.75) is 6.42 Å². The van der Waals surface area contributed by atoms with Crippen LogP contribution < -0.4 is 0 Å². The molecule has 0 aliphatic carbocycles. The zero-order valence-corrected chi connectivity index (χ0v) is 8.45. The van der Waals surface area contributed by atoms with Crippen molar-refractivity contribution in [1.82, 2.24) is 0 Å². The Bertz CT molecular complexity index is 368. The third kappa shape index (κ3) is 3.51. The lowest BCUT2D eigenvalue weighted by atomic mass is 10.2. The molecule has 1 rings (SSSR count). The van der Waals surface area contributed by atoms with Gasteiger partial charge in [-0.25, -0.2) is 9.59 Å². The predicted molar refractivity (Wildman–Crippen MR) is 51.6 cm³/mol. The third-order valence-corrected chi connectivity index (χ3v) is 2.32. The molecule has 0 saturated heterocycles. The van der Waals surface area contributed by atoms with Gasteiger partial charge in [-0.3, -0.25) is 4.79 Å². The number of carboxylic acid groups (broad SMARTS) is 1. The number of hydrogen-bond acceptors (Lipinski definition) is 5. The minimum atomic E-state index is -1.80. The van der Waals surface area contributed by atoms with Crippen LogP contribution in [0.1, 0.15) is 5.56 Å². The van der Waals surface area contributed by atoms with E-state index in [4.69, 9.17) is 5.11 Å². The molecule has 0 radical (unpaired) electrons. The van der Waals surface area contributed by atoms with E-state index in [1.165, 1.54) is 11.3 Å². The summed E-state index contributed by atoms with van der Waals surface area (Å²) < 4.78 is 4.47. The lowest BCUT2D eigenvalue weighted by molar-refractivity contribution is -0.161. The summed E-state index contributed by atoms with van der Waals surface area (Å²) in [6.07, 6.45) is 0.474. The van der Waals surface area contributed by atoms with E-state index in [0.29, 0.717) is 6.42 Å². The summed E-state index contributed by atoms with van der Waals surface area (Å²) in [4.78, 5) is 31.4. The molecule has 0 unspecified atom stereocenters. The number of Topliss-reactive ketones (excluding diaryl/α,β-unsaturated/α-hetero) is 1. The van der Waals surface area contributed by atoms with Crippen molar-refractivity contribution < 1.29 is 24.2 Å². The van der Waals surface area contributed by atoms with Crippen molar-refractivity contribution in [3.8, 4) is 0 Å². The number of ether oxygens (including phenoxy) is 1. The van der Waals surface area contributed by atoms with Gasteiger partial charge in [-0.2, -0.15) is 11.3 Å². The van der Waals surface area contributed by atoms with Crippen molar-refractivity contribution in [2.75, 3.05) is 6.61 Å². The minimum absolute atomic E-state index is 0.00852. The Hall–Kier alpha value is -1.69. The second-order valence-electron chi connectivity index (χ2n) is 2.65. The maximum Gasteiger partial charge on any atom is 0.386 e. The lowest BCUT2D eigenvalue weighted by Gasteiger charge is -2.00. The van der Waals surface area contributed by atoms with Gasteiger partial charge >= 0.3 is 17.7 Å². The van der Waals surface area contributed by atoms with Gasteiger partial charge in [-0.1, -0.05) is 0 Å². The second-order valence-corrected chi connectivity index (χ2v) is 3.43. The first kappa shape index (κ1) is 11.4. The van der Waals surface area contributed by atoms with Gasteiger partial charge in [0.05, 0.1) is 6.61 Å². The largest absolute Gasteiger partial charge is 0.475 e. The SMILES string of the molecule is O=C(O)C(=O)C(=O)OCCc1ccsc1. The van der Waals surface area contributed by atoms with Crippen LogP contribution in [0.5, 0.6) is 0 Å². The van der Waals surface area contributed by atoms with E-state index in [1.54, 1.807) is 0 Å². The van der Waals surface area contributed by atoms with Crippen LogP contribution in [0.4, 0.5) is 0 Å². The van der Waals surface area contributed by atoms with Crippen LogP contribution in [0.3, 0.4) is 0 Å². The van der Waals surface area contributed by atoms with Crippen molar-refractivity contribution in [1.29, 1.82) is 0 Å². The maximum atomic E-state index is 10.8. The Balaban J connectivity index is 2.29. The van der Waals surface area contributed by atoms with E-state index < -0.39 is 17.7 Å². The molecule has 0 aliphatic rings. The molecule has 15 heavy (non-hydrogen) atoms. The fourth-order valence-corrected chi connectivity index (χ4v) is 1.55. The zero-order chi connectivity index (χ0) is 11.3. The topological polar surface area (TPSA) is 80.7 Å². The number of aliphatic carboxylic acids is 1. The van der Waals surface area contributed by atoms with E-state index >= 15 is 0 Å². The Kier molecular flexibility index (Phi) is 3.99. The second kappa shape index (κ2) is 5.26. The molecule has 0 amide bonds. The third-order valence-electron chi connectivity index (χ3n) is 1.58. The number of carbonyl (C=O) groups is 3. The van der Waals surface area contributed by atoms with Crippen molar-refractivity contribution in [3.63, 3.8) is 0 Å². The summed E-state index contributed by atoms with van der Waals surface area (Å²) in [5.41, 5.74) is 0.982. The minimum Gasteiger partial charge on any atom is -0.475 e. The van der Waals surface area contributed by atoms with Gasteiger partial charge in [0.2, 0.25) is 0 Å². The number of thiophene rings is 1. The molecule has 1 N–H and O–H groups in total. The van der Waals surface area contributed by atoms with E-state index in [2.05, 4.69) is 4.74 Å². The van der Waals surface area contributed by atoms with Gasteiger partial charge in [0, 0.05) is 6.42 Å². The molecule has 1 aromatic rings. The van der Waals surface area contributed by atoms with Gasteiger partial charge in [0.15, 0.2) is 0 Å². The molecule has 0 saturated carbocycles. The fraction of sp³-hybridized carbons (Fsp3) is 0.222. The van der Waals surface area contributed by atoms with Crippen molar-refractivity contribution in [3.05, 3.63) is 22.4 Å². The van der Waals surface area contributed by atoms with Crippen LogP contribution in [0, 0.1) is 0 Å². The quantitative estimate of drug-likeness (QED) is 0.450. The standard InChI is InChI=1S/C9H8O5S/c10-7(8(11)12)9(13)14-3-1-6-2-4-15-5-6/h2,4-5H,1,3H2,(H,11,12). The summed E-state index contributed by atoms with van der Waals surface area (Å²) in [5, 5.41) is 11.9. The Labute approximate surface area is 89.3 Å². The fourth-order valence-electron chi connectivity index (χ4n) is 0.849. The molecule has 6 heteroatoms. The van der Waals surface area contributed by atoms with E-state index in [9.17, 15) is 14.4 Å². The van der Waals surface area contributed by atoms with Gasteiger partial charge < -0.3 is 9.84 Å². The normalized spacial score (nSPS) is 9.60. The first-order valence-electron chi connectivity index (χ1n) is 4.06. The summed E-state index contributed by atoms with van der Waals surface area (Å²) in [6, 6.07) is 1.86. The molecule has 0 atom stereocenters. The van der Waals surface area contributed by atoms with Crippen LogP contribution >= 0.6 is 11.3 Å². The average Bonchev–Trinajstić information content (AvgIpc) is 2.69. The lowest BCUT2D eigenvalue weighted by Crippen LogP contribution is -2.26. The molecule has 1 aromatic heterocycles. The Morgan fingerprint density at radius 2 is 2.13 bits per heavy atom. The van der Waals surface area contributed by atoms with Crippen LogP contribution in [-0.2, 0) is 25.5 Å². The summed E-state index contributed by atoms with van der Waals surface area (Å²) in [7, 11) is 0. The highest BCUT2D eigenvalue weighted by Crippen LogP contribution is 2.06. The van der Waals surface area contributed by atoms with Crippen LogP contribution in [0.2, 0.25) is 0 Å². The highest BCUT2D eigenvalue weighted by molar-refractivity contribution is 7.07. The average molecular weight is 228 g/mol. The molecule has 0 aromatic carbocycles. The molecule has 1 heterocycles. The first-order chi connectivity index (χ1) is 7.11. The number of carbonyl (C=O) groups excluding carboxylic acids is 2. The van der Waals surface area contributed by atoms with Gasteiger partial charge in [0.1, 0.15) is 0 Å². The van der Waals surface area contributed by atoms with Gasteiger partial charge in [-0.15, -0.1) is 0 Å². The summed E-state index contributed by atoms with van der Waals surface area (Å²) in [6.45, 7) is 0.00852. The maximum absolute atomic E-state index is 10.8. The van der Waals surface area contributed by atoms with Gasteiger partial charge in [-0.05, 0) is 22.4 Å². The number of ketones is 1. The number of hydrogen-bond donors (Lipinski definition) is 1. The molecule has 80 valence electrons. The monoisotopic (exact) mass is 228 g/mol. The highest BCUT2D eigenvalue weighted by atomic mass is 32.1. The van der Waals surface area contributed by atoms with Crippen LogP contribution in [0.15, 0.2) is 16.8 Å². The summed E-state index contributed by atoms with van der Waals surface area (Å²) in [5.74, 6) is -4.66. The van der Waals surface area contributed by atoms with E-state index in [1.807, 2.05) is 16.8 Å². The van der Waals surface area contributed by atoms with Crippen molar-refractivity contribution in [2.24, 2.45) is 0 Å². The van der Waals surface area contributed by atoms with Crippen LogP contribution in [0.25, 0.3) is 0 Å². The Morgan fingerprint density at radius 1 is 1.40 bits per heavy atom. The van der Waals surface area contributed by atoms with Crippen molar-refractivity contribution >= 4 is 29.1 Å². The first-order valence-corrected chi connectivity index (χ1v) is 5.01. The van der Waals surface area contributed by atoms with Gasteiger partial charge in [0.25, 0.3) is 0 Å². The summed E-state index contributed by atoms with van der Waals surface area (Å²) >= 11 is 1.51. The molecular formula is C9H8O5S. The van der Waals surface area contributed by atoms with E-state index in [-0.39, 0.29) is 6.61 Å². The molecule has 0 spiro atoms. The Morgan fingerprint density at radius 3 is 2.67 bits per heavy atom.